The molecule has 2 atom stereocenters. The van der Waals surface area contributed by atoms with E-state index in [1.165, 1.54) is 0 Å². The molecule has 0 amide bonds. The Labute approximate surface area is 99.1 Å². The molecule has 0 aliphatic carbocycles. The molecular weight excluding hydrogens is 250 g/mol. The van der Waals surface area contributed by atoms with Gasteiger partial charge in [0.25, 0.3) is 0 Å². The van der Waals surface area contributed by atoms with E-state index in [2.05, 4.69) is 0 Å². The zero-order valence-electron chi connectivity index (χ0n) is 8.83. The molecule has 92 valence electrons. The van der Waals surface area contributed by atoms with E-state index in [1.54, 1.807) is 11.8 Å². The molecule has 7 heteroatoms. The summed E-state index contributed by atoms with van der Waals surface area (Å²) in [5, 5.41) is 9.09. The second-order valence-corrected chi connectivity index (χ2v) is 7.60. The second kappa shape index (κ2) is 4.54. The molecule has 0 aromatic carbocycles. The lowest BCUT2D eigenvalue weighted by atomic mass is 10.1. The normalized spacial score (nSPS) is 35.0. The summed E-state index contributed by atoms with van der Waals surface area (Å²) < 4.78 is 22.8. The number of nitrogens with zero attached hydrogens (tertiary/aromatic N) is 1. The zero-order chi connectivity index (χ0) is 11.8. The summed E-state index contributed by atoms with van der Waals surface area (Å²) in [7, 11) is -2.94. The molecule has 0 radical (unpaired) electrons. The van der Waals surface area contributed by atoms with Crippen LogP contribution in [-0.2, 0) is 14.6 Å². The molecule has 2 heterocycles. The molecule has 1 N–H and O–H groups in total. The molecule has 0 aromatic rings. The molecule has 2 saturated heterocycles. The van der Waals surface area contributed by atoms with Gasteiger partial charge in [0.2, 0.25) is 0 Å². The Bertz CT molecular complexity index is 381. The third-order valence-corrected chi connectivity index (χ3v) is 5.91. The van der Waals surface area contributed by atoms with Crippen molar-refractivity contribution in [1.82, 2.24) is 4.90 Å². The van der Waals surface area contributed by atoms with E-state index in [9.17, 15) is 13.2 Å². The monoisotopic (exact) mass is 265 g/mol. The predicted octanol–water partition coefficient (Wildman–Crippen LogP) is -0.325. The first-order valence-electron chi connectivity index (χ1n) is 5.26. The number of hydrogen-bond donors (Lipinski definition) is 1. The fourth-order valence-corrected chi connectivity index (χ4v) is 5.11. The van der Waals surface area contributed by atoms with Crippen LogP contribution in [0.4, 0.5) is 0 Å². The number of rotatable bonds is 2. The van der Waals surface area contributed by atoms with Gasteiger partial charge >= 0.3 is 5.97 Å². The average Bonchev–Trinajstić information content (AvgIpc) is 2.59. The molecule has 0 bridgehead atoms. The summed E-state index contributed by atoms with van der Waals surface area (Å²) in [6.07, 6.45) is 0.580. The Morgan fingerprint density at radius 3 is 2.75 bits per heavy atom. The number of sulfone groups is 1. The van der Waals surface area contributed by atoms with Crippen molar-refractivity contribution in [3.63, 3.8) is 0 Å². The number of hydrogen-bond acceptors (Lipinski definition) is 5. The first-order valence-corrected chi connectivity index (χ1v) is 8.24. The Balaban J connectivity index is 2.09. The van der Waals surface area contributed by atoms with Gasteiger partial charge in [0.15, 0.2) is 9.84 Å². The van der Waals surface area contributed by atoms with E-state index < -0.39 is 21.8 Å². The number of carboxylic acids is 1. The highest BCUT2D eigenvalue weighted by Crippen LogP contribution is 2.25. The first kappa shape index (κ1) is 12.2. The van der Waals surface area contributed by atoms with Crippen molar-refractivity contribution in [2.75, 3.05) is 29.6 Å². The van der Waals surface area contributed by atoms with Crippen LogP contribution in [0.2, 0.25) is 0 Å². The van der Waals surface area contributed by atoms with Crippen LogP contribution in [0.1, 0.15) is 6.42 Å². The van der Waals surface area contributed by atoms with Crippen molar-refractivity contribution in [2.24, 2.45) is 0 Å². The largest absolute Gasteiger partial charge is 0.480 e. The summed E-state index contributed by atoms with van der Waals surface area (Å²) in [6.45, 7) is 0.682. The maximum absolute atomic E-state index is 11.4. The highest BCUT2D eigenvalue weighted by Gasteiger charge is 2.39. The van der Waals surface area contributed by atoms with Gasteiger partial charge < -0.3 is 5.11 Å². The summed E-state index contributed by atoms with van der Waals surface area (Å²) in [4.78, 5) is 12.9. The molecule has 0 spiro atoms. The van der Waals surface area contributed by atoms with Gasteiger partial charge in [-0.1, -0.05) is 0 Å². The molecule has 2 fully saturated rings. The minimum absolute atomic E-state index is 0.0907. The van der Waals surface area contributed by atoms with Crippen molar-refractivity contribution in [2.45, 2.75) is 18.5 Å². The van der Waals surface area contributed by atoms with Gasteiger partial charge in [-0.2, -0.15) is 11.8 Å². The van der Waals surface area contributed by atoms with Gasteiger partial charge in [-0.25, -0.2) is 8.42 Å². The van der Waals surface area contributed by atoms with E-state index in [-0.39, 0.29) is 17.5 Å². The third-order valence-electron chi connectivity index (χ3n) is 3.13. The highest BCUT2D eigenvalue weighted by molar-refractivity contribution is 7.99. The van der Waals surface area contributed by atoms with Crippen molar-refractivity contribution in [3.8, 4) is 0 Å². The van der Waals surface area contributed by atoms with Crippen LogP contribution in [0.25, 0.3) is 0 Å². The van der Waals surface area contributed by atoms with Gasteiger partial charge in [-0.05, 0) is 6.42 Å². The fraction of sp³-hybridized carbons (Fsp3) is 0.889. The quantitative estimate of drug-likeness (QED) is 0.737. The predicted molar refractivity (Wildman–Crippen MR) is 62.5 cm³/mol. The van der Waals surface area contributed by atoms with Gasteiger partial charge in [0.1, 0.15) is 6.04 Å². The van der Waals surface area contributed by atoms with Crippen LogP contribution in [-0.4, -0.2) is 66.0 Å². The summed E-state index contributed by atoms with van der Waals surface area (Å²) in [5.74, 6) is 0.942. The van der Waals surface area contributed by atoms with Crippen LogP contribution < -0.4 is 0 Å². The minimum atomic E-state index is -2.94. The number of thioether (sulfide) groups is 1. The standard InChI is InChI=1S/C9H15NO4S2/c11-9(12)8-5-15-3-2-10(8)7-1-4-16(13,14)6-7/h7-8H,1-6H2,(H,11,12). The summed E-state index contributed by atoms with van der Waals surface area (Å²) >= 11 is 1.62. The van der Waals surface area contributed by atoms with E-state index >= 15 is 0 Å². The van der Waals surface area contributed by atoms with Crippen molar-refractivity contribution < 1.29 is 18.3 Å². The Hall–Kier alpha value is -0.270. The van der Waals surface area contributed by atoms with Gasteiger partial charge in [-0.3, -0.25) is 9.69 Å². The minimum Gasteiger partial charge on any atom is -0.480 e. The number of carbonyl (C=O) groups is 1. The summed E-state index contributed by atoms with van der Waals surface area (Å²) in [5.41, 5.74) is 0. The van der Waals surface area contributed by atoms with E-state index in [0.717, 1.165) is 5.75 Å². The van der Waals surface area contributed by atoms with E-state index in [1.807, 2.05) is 4.90 Å². The second-order valence-electron chi connectivity index (χ2n) is 4.22. The molecular formula is C9H15NO4S2. The Kier molecular flexibility index (Phi) is 3.46. The van der Waals surface area contributed by atoms with Crippen LogP contribution in [0, 0.1) is 0 Å². The fourth-order valence-electron chi connectivity index (χ4n) is 2.30. The maximum atomic E-state index is 11.4. The van der Waals surface area contributed by atoms with Crippen molar-refractivity contribution >= 4 is 27.6 Å². The molecule has 16 heavy (non-hydrogen) atoms. The Morgan fingerprint density at radius 1 is 1.44 bits per heavy atom. The molecule has 0 saturated carbocycles. The van der Waals surface area contributed by atoms with Gasteiger partial charge in [-0.15, -0.1) is 0 Å². The van der Waals surface area contributed by atoms with E-state index in [4.69, 9.17) is 5.11 Å². The molecule has 0 aromatic heterocycles. The van der Waals surface area contributed by atoms with Gasteiger partial charge in [0, 0.05) is 24.1 Å². The zero-order valence-corrected chi connectivity index (χ0v) is 10.5. The lowest BCUT2D eigenvalue weighted by Crippen LogP contribution is -2.52. The van der Waals surface area contributed by atoms with Crippen LogP contribution >= 0.6 is 11.8 Å². The third kappa shape index (κ3) is 2.52. The SMILES string of the molecule is O=C(O)C1CSCCN1C1CCS(=O)(=O)C1. The summed E-state index contributed by atoms with van der Waals surface area (Å²) in [6, 6.07) is -0.607. The molecule has 5 nitrogen and oxygen atoms in total. The van der Waals surface area contributed by atoms with E-state index in [0.29, 0.717) is 18.7 Å². The van der Waals surface area contributed by atoms with Crippen LogP contribution in [0.15, 0.2) is 0 Å². The first-order chi connectivity index (χ1) is 7.49. The molecule has 2 rings (SSSR count). The highest BCUT2D eigenvalue weighted by atomic mass is 32.2. The molecule has 2 aliphatic rings. The maximum Gasteiger partial charge on any atom is 0.321 e. The molecule has 2 unspecified atom stereocenters. The van der Waals surface area contributed by atoms with Crippen LogP contribution in [0.5, 0.6) is 0 Å². The van der Waals surface area contributed by atoms with Gasteiger partial charge in [0.05, 0.1) is 11.5 Å². The lowest BCUT2D eigenvalue weighted by molar-refractivity contribution is -0.143. The lowest BCUT2D eigenvalue weighted by Gasteiger charge is -2.36. The average molecular weight is 265 g/mol. The number of aliphatic carboxylic acids is 1. The topological polar surface area (TPSA) is 74.7 Å². The van der Waals surface area contributed by atoms with Crippen molar-refractivity contribution in [3.05, 3.63) is 0 Å². The number of carboxylic acid groups (broad SMARTS) is 1. The Morgan fingerprint density at radius 2 is 2.19 bits per heavy atom. The smallest absolute Gasteiger partial charge is 0.321 e. The molecule has 2 aliphatic heterocycles. The van der Waals surface area contributed by atoms with Crippen molar-refractivity contribution in [1.29, 1.82) is 0 Å². The van der Waals surface area contributed by atoms with Crippen LogP contribution in [0.3, 0.4) is 0 Å².